The Morgan fingerprint density at radius 1 is 1.35 bits per heavy atom. The molecule has 1 aromatic heterocycles. The van der Waals surface area contributed by atoms with Crippen LogP contribution in [0.2, 0.25) is 0 Å². The number of piperazine rings is 1. The van der Waals surface area contributed by atoms with E-state index in [9.17, 15) is 4.79 Å². The predicted octanol–water partition coefficient (Wildman–Crippen LogP) is 0.562. The zero-order chi connectivity index (χ0) is 12.4. The van der Waals surface area contributed by atoms with Crippen LogP contribution in [-0.4, -0.2) is 47.2 Å². The molecule has 0 spiro atoms. The average Bonchev–Trinajstić information content (AvgIpc) is 2.68. The molecule has 1 amide bonds. The van der Waals surface area contributed by atoms with E-state index < -0.39 is 0 Å². The second-order valence-electron chi connectivity index (χ2n) is 4.64. The molecule has 1 aromatic rings. The largest absolute Gasteiger partial charge is 0.340 e. The van der Waals surface area contributed by atoms with Crippen molar-refractivity contribution >= 4 is 5.91 Å². The first kappa shape index (κ1) is 12.1. The van der Waals surface area contributed by atoms with Crippen molar-refractivity contribution in [1.82, 2.24) is 20.4 Å². The summed E-state index contributed by atoms with van der Waals surface area (Å²) < 4.78 is 0. The van der Waals surface area contributed by atoms with Crippen LogP contribution in [0.15, 0.2) is 0 Å². The van der Waals surface area contributed by atoms with Gasteiger partial charge in [-0.05, 0) is 20.8 Å². The molecule has 0 aliphatic carbocycles. The Balaban J connectivity index is 2.14. The summed E-state index contributed by atoms with van der Waals surface area (Å²) in [4.78, 5) is 14.3. The van der Waals surface area contributed by atoms with Crippen LogP contribution in [-0.2, 0) is 4.79 Å². The Hall–Kier alpha value is -1.36. The van der Waals surface area contributed by atoms with Gasteiger partial charge in [-0.3, -0.25) is 9.89 Å². The number of nitrogens with one attached hydrogen (secondary N) is 2. The number of nitrogens with zero attached hydrogens (tertiary/aromatic N) is 2. The number of aromatic amines is 1. The van der Waals surface area contributed by atoms with Crippen molar-refractivity contribution in [3.8, 4) is 0 Å². The van der Waals surface area contributed by atoms with Gasteiger partial charge in [0, 0.05) is 37.4 Å². The van der Waals surface area contributed by atoms with E-state index >= 15 is 0 Å². The molecule has 0 bridgehead atoms. The zero-order valence-corrected chi connectivity index (χ0v) is 10.7. The molecule has 1 saturated heterocycles. The SMILES string of the molecule is Cc1n[nH]c(C)c1C(C)C(=O)N1CCNCC1. The van der Waals surface area contributed by atoms with Crippen LogP contribution in [0.25, 0.3) is 0 Å². The van der Waals surface area contributed by atoms with E-state index in [2.05, 4.69) is 15.5 Å². The third kappa shape index (κ3) is 2.34. The predicted molar refractivity (Wildman–Crippen MR) is 65.9 cm³/mol. The van der Waals surface area contributed by atoms with E-state index in [1.165, 1.54) is 0 Å². The number of amides is 1. The Labute approximate surface area is 102 Å². The van der Waals surface area contributed by atoms with Crippen LogP contribution in [0, 0.1) is 13.8 Å². The van der Waals surface area contributed by atoms with Crippen LogP contribution >= 0.6 is 0 Å². The summed E-state index contributed by atoms with van der Waals surface area (Å²) >= 11 is 0. The summed E-state index contributed by atoms with van der Waals surface area (Å²) in [7, 11) is 0. The molecule has 2 heterocycles. The number of carbonyl (C=O) groups excluding carboxylic acids is 1. The molecular formula is C12H20N4O. The number of carbonyl (C=O) groups is 1. The second-order valence-corrected chi connectivity index (χ2v) is 4.64. The van der Waals surface area contributed by atoms with Crippen LogP contribution < -0.4 is 5.32 Å². The molecular weight excluding hydrogens is 216 g/mol. The van der Waals surface area contributed by atoms with Crippen molar-refractivity contribution in [2.24, 2.45) is 0 Å². The summed E-state index contributed by atoms with van der Waals surface area (Å²) in [5.74, 6) is 0.103. The van der Waals surface area contributed by atoms with E-state index in [1.54, 1.807) is 0 Å². The highest BCUT2D eigenvalue weighted by Crippen LogP contribution is 2.23. The second kappa shape index (κ2) is 4.87. The fraction of sp³-hybridized carbons (Fsp3) is 0.667. The first-order valence-corrected chi connectivity index (χ1v) is 6.12. The maximum absolute atomic E-state index is 12.4. The van der Waals surface area contributed by atoms with Gasteiger partial charge in [-0.2, -0.15) is 5.10 Å². The molecule has 2 N–H and O–H groups in total. The maximum Gasteiger partial charge on any atom is 0.230 e. The Morgan fingerprint density at radius 2 is 2.00 bits per heavy atom. The van der Waals surface area contributed by atoms with Crippen molar-refractivity contribution in [3.05, 3.63) is 17.0 Å². The summed E-state index contributed by atoms with van der Waals surface area (Å²) in [6.07, 6.45) is 0. The van der Waals surface area contributed by atoms with Crippen molar-refractivity contribution < 1.29 is 4.79 Å². The fourth-order valence-electron chi connectivity index (χ4n) is 2.48. The topological polar surface area (TPSA) is 61.0 Å². The molecule has 1 fully saturated rings. The average molecular weight is 236 g/mol. The molecule has 2 rings (SSSR count). The number of H-pyrrole nitrogens is 1. The van der Waals surface area contributed by atoms with E-state index in [1.807, 2.05) is 25.7 Å². The molecule has 0 saturated carbocycles. The quantitative estimate of drug-likeness (QED) is 0.789. The summed E-state index contributed by atoms with van der Waals surface area (Å²) in [5, 5.41) is 10.4. The van der Waals surface area contributed by atoms with Gasteiger partial charge < -0.3 is 10.2 Å². The van der Waals surface area contributed by atoms with E-state index in [-0.39, 0.29) is 11.8 Å². The molecule has 17 heavy (non-hydrogen) atoms. The van der Waals surface area contributed by atoms with Gasteiger partial charge in [0.05, 0.1) is 11.6 Å². The fourth-order valence-corrected chi connectivity index (χ4v) is 2.48. The van der Waals surface area contributed by atoms with E-state index in [4.69, 9.17) is 0 Å². The van der Waals surface area contributed by atoms with Crippen molar-refractivity contribution in [1.29, 1.82) is 0 Å². The minimum Gasteiger partial charge on any atom is -0.340 e. The summed E-state index contributed by atoms with van der Waals surface area (Å²) in [6, 6.07) is 0. The number of hydrogen-bond donors (Lipinski definition) is 2. The monoisotopic (exact) mass is 236 g/mol. The van der Waals surface area contributed by atoms with Gasteiger partial charge in [-0.25, -0.2) is 0 Å². The highest BCUT2D eigenvalue weighted by Gasteiger charge is 2.26. The summed E-state index contributed by atoms with van der Waals surface area (Å²) in [6.45, 7) is 9.27. The number of rotatable bonds is 2. The molecule has 5 heteroatoms. The van der Waals surface area contributed by atoms with Crippen LogP contribution in [0.3, 0.4) is 0 Å². The molecule has 0 aromatic carbocycles. The lowest BCUT2D eigenvalue weighted by molar-refractivity contribution is -0.133. The smallest absolute Gasteiger partial charge is 0.230 e. The highest BCUT2D eigenvalue weighted by atomic mass is 16.2. The molecule has 1 aliphatic heterocycles. The lowest BCUT2D eigenvalue weighted by Gasteiger charge is -2.30. The Morgan fingerprint density at radius 3 is 2.53 bits per heavy atom. The molecule has 1 unspecified atom stereocenters. The first-order valence-electron chi connectivity index (χ1n) is 6.12. The van der Waals surface area contributed by atoms with Gasteiger partial charge in [0.1, 0.15) is 0 Å². The lowest BCUT2D eigenvalue weighted by atomic mass is 9.97. The Kier molecular flexibility index (Phi) is 3.47. The molecule has 5 nitrogen and oxygen atoms in total. The molecule has 1 aliphatic rings. The molecule has 94 valence electrons. The van der Waals surface area contributed by atoms with Crippen molar-refractivity contribution in [2.75, 3.05) is 26.2 Å². The standard InChI is InChI=1S/C12H20N4O/c1-8(11-9(2)14-15-10(11)3)12(17)16-6-4-13-5-7-16/h8,13H,4-7H2,1-3H3,(H,14,15). The summed E-state index contributed by atoms with van der Waals surface area (Å²) in [5.41, 5.74) is 2.98. The van der Waals surface area contributed by atoms with Crippen LogP contribution in [0.1, 0.15) is 29.8 Å². The Bertz CT molecular complexity index is 387. The first-order chi connectivity index (χ1) is 8.11. The minimum absolute atomic E-state index is 0.105. The van der Waals surface area contributed by atoms with Gasteiger partial charge in [0.25, 0.3) is 0 Å². The highest BCUT2D eigenvalue weighted by molar-refractivity contribution is 5.84. The number of aromatic nitrogens is 2. The maximum atomic E-state index is 12.4. The van der Waals surface area contributed by atoms with Gasteiger partial charge in [0.15, 0.2) is 0 Å². The zero-order valence-electron chi connectivity index (χ0n) is 10.7. The van der Waals surface area contributed by atoms with Crippen LogP contribution in [0.4, 0.5) is 0 Å². The molecule has 0 radical (unpaired) electrons. The molecule has 1 atom stereocenters. The van der Waals surface area contributed by atoms with Crippen molar-refractivity contribution in [3.63, 3.8) is 0 Å². The van der Waals surface area contributed by atoms with Crippen molar-refractivity contribution in [2.45, 2.75) is 26.7 Å². The van der Waals surface area contributed by atoms with Gasteiger partial charge in [0.2, 0.25) is 5.91 Å². The normalized spacial score (nSPS) is 18.2. The van der Waals surface area contributed by atoms with Gasteiger partial charge in [-0.15, -0.1) is 0 Å². The van der Waals surface area contributed by atoms with E-state index in [0.29, 0.717) is 0 Å². The van der Waals surface area contributed by atoms with E-state index in [0.717, 1.165) is 43.1 Å². The third-order valence-corrected chi connectivity index (χ3v) is 3.42. The number of hydrogen-bond acceptors (Lipinski definition) is 3. The number of aryl methyl sites for hydroxylation is 2. The van der Waals surface area contributed by atoms with Crippen LogP contribution in [0.5, 0.6) is 0 Å². The lowest BCUT2D eigenvalue weighted by Crippen LogP contribution is -2.47. The van der Waals surface area contributed by atoms with Gasteiger partial charge in [-0.1, -0.05) is 0 Å². The minimum atomic E-state index is -0.105. The third-order valence-electron chi connectivity index (χ3n) is 3.42. The van der Waals surface area contributed by atoms with Gasteiger partial charge >= 0.3 is 0 Å².